The average molecular weight is 377 g/mol. The van der Waals surface area contributed by atoms with Gasteiger partial charge in [-0.1, -0.05) is 30.3 Å². The van der Waals surface area contributed by atoms with Gasteiger partial charge in [-0.05, 0) is 55.5 Å². The molecule has 1 aliphatic rings. The molecule has 5 nitrogen and oxygen atoms in total. The monoisotopic (exact) mass is 376 g/mol. The zero-order chi connectivity index (χ0) is 19.5. The van der Waals surface area contributed by atoms with Crippen molar-refractivity contribution in [1.82, 2.24) is 10.3 Å². The first kappa shape index (κ1) is 18.6. The maximum atomic E-state index is 12.6. The second kappa shape index (κ2) is 8.07. The predicted molar refractivity (Wildman–Crippen MR) is 115 cm³/mol. The number of nitrogens with one attached hydrogen (secondary N) is 2. The normalized spacial score (nSPS) is 16.3. The molecule has 28 heavy (non-hydrogen) atoms. The van der Waals surface area contributed by atoms with Crippen molar-refractivity contribution in [3.05, 3.63) is 65.9 Å². The molecular weight excluding hydrogens is 348 g/mol. The van der Waals surface area contributed by atoms with Crippen molar-refractivity contribution in [2.24, 2.45) is 5.73 Å². The van der Waals surface area contributed by atoms with Gasteiger partial charge in [0, 0.05) is 41.9 Å². The first-order chi connectivity index (χ1) is 13.6. The van der Waals surface area contributed by atoms with Crippen molar-refractivity contribution in [3.63, 3.8) is 0 Å². The number of nitrogens with zero attached hydrogens (tertiary/aromatic N) is 1. The summed E-state index contributed by atoms with van der Waals surface area (Å²) in [5, 5.41) is 4.30. The van der Waals surface area contributed by atoms with E-state index in [4.69, 9.17) is 5.73 Å². The summed E-state index contributed by atoms with van der Waals surface area (Å²) in [6.07, 6.45) is 4.38. The third-order valence-corrected chi connectivity index (χ3v) is 5.66. The van der Waals surface area contributed by atoms with Gasteiger partial charge in [0.2, 0.25) is 5.91 Å². The van der Waals surface area contributed by atoms with Crippen molar-refractivity contribution in [2.45, 2.75) is 38.3 Å². The van der Waals surface area contributed by atoms with Gasteiger partial charge >= 0.3 is 0 Å². The fourth-order valence-electron chi connectivity index (χ4n) is 4.05. The highest BCUT2D eigenvalue weighted by atomic mass is 16.2. The van der Waals surface area contributed by atoms with Crippen LogP contribution in [-0.4, -0.2) is 36.1 Å². The van der Waals surface area contributed by atoms with E-state index in [9.17, 15) is 4.79 Å². The average Bonchev–Trinajstić information content (AvgIpc) is 3.11. The van der Waals surface area contributed by atoms with Crippen LogP contribution in [0.5, 0.6) is 0 Å². The number of amides is 1. The lowest BCUT2D eigenvalue weighted by Crippen LogP contribution is -2.50. The summed E-state index contributed by atoms with van der Waals surface area (Å²) < 4.78 is 0. The molecule has 1 aromatic heterocycles. The Bertz CT molecular complexity index is 956. The minimum atomic E-state index is -0.533. The van der Waals surface area contributed by atoms with Gasteiger partial charge < -0.3 is 20.9 Å². The van der Waals surface area contributed by atoms with Gasteiger partial charge in [0.25, 0.3) is 0 Å². The van der Waals surface area contributed by atoms with Crippen LogP contribution in [0.3, 0.4) is 0 Å². The molecule has 0 aliphatic carbocycles. The third-order valence-electron chi connectivity index (χ3n) is 5.66. The van der Waals surface area contributed by atoms with Crippen molar-refractivity contribution in [2.75, 3.05) is 18.0 Å². The highest BCUT2D eigenvalue weighted by Gasteiger charge is 2.24. The molecule has 2 aromatic carbocycles. The molecule has 0 radical (unpaired) electrons. The van der Waals surface area contributed by atoms with E-state index in [0.717, 1.165) is 42.4 Å². The maximum Gasteiger partial charge on any atom is 0.237 e. The molecule has 1 unspecified atom stereocenters. The number of piperidine rings is 1. The molecule has 0 saturated carbocycles. The molecule has 3 aromatic rings. The Labute approximate surface area is 165 Å². The third kappa shape index (κ3) is 4.04. The van der Waals surface area contributed by atoms with Gasteiger partial charge in [0.1, 0.15) is 0 Å². The first-order valence-corrected chi connectivity index (χ1v) is 10.0. The quantitative estimate of drug-likeness (QED) is 0.640. The van der Waals surface area contributed by atoms with Crippen LogP contribution in [0.15, 0.2) is 54.7 Å². The summed E-state index contributed by atoms with van der Waals surface area (Å²) in [6, 6.07) is 16.4. The largest absolute Gasteiger partial charge is 0.371 e. The van der Waals surface area contributed by atoms with E-state index in [1.807, 2.05) is 24.4 Å². The van der Waals surface area contributed by atoms with E-state index in [-0.39, 0.29) is 11.9 Å². The number of carbonyl (C=O) groups is 1. The minimum absolute atomic E-state index is 0.0562. The Morgan fingerprint density at radius 1 is 1.21 bits per heavy atom. The molecule has 0 spiro atoms. The number of fused-ring (bicyclic) bond motifs is 1. The van der Waals surface area contributed by atoms with Crippen LogP contribution in [0, 0.1) is 6.92 Å². The molecule has 4 N–H and O–H groups in total. The first-order valence-electron chi connectivity index (χ1n) is 10.0. The molecule has 1 fully saturated rings. The van der Waals surface area contributed by atoms with E-state index < -0.39 is 6.04 Å². The number of H-pyrrole nitrogens is 1. The molecule has 1 atom stereocenters. The van der Waals surface area contributed by atoms with E-state index in [1.165, 1.54) is 11.3 Å². The summed E-state index contributed by atoms with van der Waals surface area (Å²) in [5.74, 6) is -0.0562. The molecule has 1 saturated heterocycles. The fourth-order valence-corrected chi connectivity index (χ4v) is 4.05. The summed E-state index contributed by atoms with van der Waals surface area (Å²) in [5.41, 5.74) is 10.9. The van der Waals surface area contributed by atoms with Crippen LogP contribution in [-0.2, 0) is 11.2 Å². The van der Waals surface area contributed by atoms with Crippen LogP contribution in [0.4, 0.5) is 5.69 Å². The van der Waals surface area contributed by atoms with E-state index in [2.05, 4.69) is 52.5 Å². The molecule has 0 bridgehead atoms. The Balaban J connectivity index is 1.30. The highest BCUT2D eigenvalue weighted by molar-refractivity contribution is 5.86. The van der Waals surface area contributed by atoms with Crippen molar-refractivity contribution >= 4 is 22.5 Å². The van der Waals surface area contributed by atoms with Crippen molar-refractivity contribution in [3.8, 4) is 0 Å². The Morgan fingerprint density at radius 3 is 2.79 bits per heavy atom. The van der Waals surface area contributed by atoms with Crippen LogP contribution >= 0.6 is 0 Å². The number of aromatic nitrogens is 1. The van der Waals surface area contributed by atoms with Crippen molar-refractivity contribution in [1.29, 1.82) is 0 Å². The number of para-hydroxylation sites is 1. The van der Waals surface area contributed by atoms with Crippen molar-refractivity contribution < 1.29 is 4.79 Å². The number of aromatic amines is 1. The Morgan fingerprint density at radius 2 is 2.00 bits per heavy atom. The molecule has 2 heterocycles. The highest BCUT2D eigenvalue weighted by Crippen LogP contribution is 2.22. The Hall–Kier alpha value is -2.79. The van der Waals surface area contributed by atoms with Gasteiger partial charge in [-0.25, -0.2) is 0 Å². The van der Waals surface area contributed by atoms with Gasteiger partial charge in [-0.3, -0.25) is 4.79 Å². The fraction of sp³-hybridized carbons (Fsp3) is 0.348. The van der Waals surface area contributed by atoms with Crippen LogP contribution < -0.4 is 16.0 Å². The minimum Gasteiger partial charge on any atom is -0.371 e. The lowest BCUT2D eigenvalue weighted by atomic mass is 10.0. The lowest BCUT2D eigenvalue weighted by Gasteiger charge is -2.34. The topological polar surface area (TPSA) is 74.2 Å². The molecular formula is C23H28N4O. The van der Waals surface area contributed by atoms with Gasteiger partial charge in [-0.2, -0.15) is 0 Å². The van der Waals surface area contributed by atoms with E-state index in [1.54, 1.807) is 0 Å². The number of hydrogen-bond donors (Lipinski definition) is 3. The summed E-state index contributed by atoms with van der Waals surface area (Å²) in [7, 11) is 0. The SMILES string of the molecule is Cc1cccc(N2CCC(NC(=O)C(N)Cc3c[nH]c4ccccc34)CC2)c1. The van der Waals surface area contributed by atoms with Gasteiger partial charge in [0.05, 0.1) is 6.04 Å². The van der Waals surface area contributed by atoms with Crippen LogP contribution in [0.2, 0.25) is 0 Å². The smallest absolute Gasteiger partial charge is 0.237 e. The van der Waals surface area contributed by atoms with Gasteiger partial charge in [-0.15, -0.1) is 0 Å². The standard InChI is InChI=1S/C23H28N4O/c1-16-5-4-6-19(13-16)27-11-9-18(10-12-27)26-23(28)21(24)14-17-15-25-22-8-3-2-7-20(17)22/h2-8,13,15,18,21,25H,9-12,14,24H2,1H3,(H,26,28). The molecule has 5 heteroatoms. The summed E-state index contributed by atoms with van der Waals surface area (Å²) in [4.78, 5) is 18.2. The summed E-state index contributed by atoms with van der Waals surface area (Å²) >= 11 is 0. The van der Waals surface area contributed by atoms with E-state index >= 15 is 0 Å². The maximum absolute atomic E-state index is 12.6. The molecule has 4 rings (SSSR count). The summed E-state index contributed by atoms with van der Waals surface area (Å²) in [6.45, 7) is 4.02. The number of hydrogen-bond acceptors (Lipinski definition) is 3. The molecule has 1 aliphatic heterocycles. The Kier molecular flexibility index (Phi) is 5.35. The van der Waals surface area contributed by atoms with E-state index in [0.29, 0.717) is 6.42 Å². The number of anilines is 1. The zero-order valence-electron chi connectivity index (χ0n) is 16.3. The molecule has 1 amide bonds. The number of nitrogens with two attached hydrogens (primary N) is 1. The van der Waals surface area contributed by atoms with Crippen LogP contribution in [0.1, 0.15) is 24.0 Å². The predicted octanol–water partition coefficient (Wildman–Crippen LogP) is 3.13. The van der Waals surface area contributed by atoms with Gasteiger partial charge in [0.15, 0.2) is 0 Å². The second-order valence-electron chi connectivity index (χ2n) is 7.78. The number of carbonyl (C=O) groups excluding carboxylic acids is 1. The lowest BCUT2D eigenvalue weighted by molar-refractivity contribution is -0.123. The second-order valence-corrected chi connectivity index (χ2v) is 7.78. The number of benzene rings is 2. The number of rotatable bonds is 5. The zero-order valence-corrected chi connectivity index (χ0v) is 16.3. The van der Waals surface area contributed by atoms with Crippen LogP contribution in [0.25, 0.3) is 10.9 Å². The number of aryl methyl sites for hydroxylation is 1. The molecule has 146 valence electrons.